The summed E-state index contributed by atoms with van der Waals surface area (Å²) in [5, 5.41) is 22.1. The molecule has 2 aliphatic rings. The van der Waals surface area contributed by atoms with E-state index in [0.29, 0.717) is 23.6 Å². The zero-order valence-corrected chi connectivity index (χ0v) is 18.8. The molecule has 2 fully saturated rings. The average Bonchev–Trinajstić information content (AvgIpc) is 3.65. The number of nitrogens with zero attached hydrogens (tertiary/aromatic N) is 6. The zero-order chi connectivity index (χ0) is 22.9. The van der Waals surface area contributed by atoms with E-state index in [1.54, 1.807) is 0 Å². The number of benzene rings is 1. The van der Waals surface area contributed by atoms with Crippen LogP contribution in [0.4, 0.5) is 5.69 Å². The Morgan fingerprint density at radius 1 is 1.09 bits per heavy atom. The van der Waals surface area contributed by atoms with E-state index in [4.69, 9.17) is 4.74 Å². The Morgan fingerprint density at radius 3 is 2.71 bits per heavy atom. The van der Waals surface area contributed by atoms with Crippen molar-refractivity contribution in [1.29, 1.82) is 5.26 Å². The molecular formula is C25H26N8O. The van der Waals surface area contributed by atoms with Crippen molar-refractivity contribution in [3.63, 3.8) is 0 Å². The van der Waals surface area contributed by atoms with Gasteiger partial charge in [-0.05, 0) is 44.0 Å². The average molecular weight is 455 g/mol. The minimum Gasteiger partial charge on any atom is -0.381 e. The van der Waals surface area contributed by atoms with Gasteiger partial charge in [0.25, 0.3) is 0 Å². The number of rotatable bonds is 5. The third kappa shape index (κ3) is 3.91. The molecule has 0 amide bonds. The second kappa shape index (κ2) is 8.89. The smallest absolute Gasteiger partial charge is 0.234 e. The van der Waals surface area contributed by atoms with Crippen molar-refractivity contribution < 1.29 is 4.74 Å². The summed E-state index contributed by atoms with van der Waals surface area (Å²) in [5.41, 5.74) is 4.40. The van der Waals surface area contributed by atoms with E-state index in [-0.39, 0.29) is 0 Å². The van der Waals surface area contributed by atoms with Gasteiger partial charge in [0.15, 0.2) is 0 Å². The van der Waals surface area contributed by atoms with Gasteiger partial charge in [0.1, 0.15) is 6.07 Å². The van der Waals surface area contributed by atoms with Crippen molar-refractivity contribution in [3.05, 3.63) is 54.7 Å². The molecule has 3 aromatic heterocycles. The number of anilines is 1. The van der Waals surface area contributed by atoms with Gasteiger partial charge in [0, 0.05) is 67.1 Å². The highest BCUT2D eigenvalue weighted by Gasteiger charge is 2.19. The van der Waals surface area contributed by atoms with Crippen LogP contribution in [-0.4, -0.2) is 56.7 Å². The van der Waals surface area contributed by atoms with E-state index < -0.39 is 0 Å². The van der Waals surface area contributed by atoms with E-state index in [0.717, 1.165) is 73.3 Å². The van der Waals surface area contributed by atoms with Crippen molar-refractivity contribution in [1.82, 2.24) is 29.6 Å². The lowest BCUT2D eigenvalue weighted by atomic mass is 10.1. The molecule has 4 aromatic rings. The molecule has 0 unspecified atom stereocenters. The maximum absolute atomic E-state index is 9.65. The molecule has 0 spiro atoms. The number of aromatic nitrogens is 5. The van der Waals surface area contributed by atoms with Gasteiger partial charge >= 0.3 is 0 Å². The highest BCUT2D eigenvalue weighted by Crippen LogP contribution is 2.28. The van der Waals surface area contributed by atoms with Gasteiger partial charge in [-0.3, -0.25) is 9.25 Å². The van der Waals surface area contributed by atoms with Gasteiger partial charge in [-0.1, -0.05) is 0 Å². The Labute approximate surface area is 197 Å². The molecule has 9 nitrogen and oxygen atoms in total. The number of fused-ring (bicyclic) bond motifs is 1. The summed E-state index contributed by atoms with van der Waals surface area (Å²) in [4.78, 5) is 9.29. The van der Waals surface area contributed by atoms with Crippen molar-refractivity contribution in [2.45, 2.75) is 31.3 Å². The van der Waals surface area contributed by atoms with E-state index in [9.17, 15) is 5.26 Å². The maximum atomic E-state index is 9.65. The first-order valence-electron chi connectivity index (χ1n) is 11.8. The SMILES string of the molecule is N#Cc1cc2ccn(-c3ncc(-c4cnn(C5CCOCC5)c4)cn3)c2cc1N[C@@H]1CCNC1. The van der Waals surface area contributed by atoms with Gasteiger partial charge in [-0.15, -0.1) is 0 Å². The van der Waals surface area contributed by atoms with Crippen LogP contribution in [0, 0.1) is 11.3 Å². The lowest BCUT2D eigenvalue weighted by Crippen LogP contribution is -2.22. The lowest BCUT2D eigenvalue weighted by molar-refractivity contribution is 0.0662. The first kappa shape index (κ1) is 20.8. The fraction of sp³-hybridized carbons (Fsp3) is 0.360. The number of hydrogen-bond acceptors (Lipinski definition) is 7. The quantitative estimate of drug-likeness (QED) is 0.477. The molecule has 2 saturated heterocycles. The first-order valence-corrected chi connectivity index (χ1v) is 11.8. The van der Waals surface area contributed by atoms with Crippen LogP contribution >= 0.6 is 0 Å². The summed E-state index contributed by atoms with van der Waals surface area (Å²) < 4.78 is 9.46. The summed E-state index contributed by atoms with van der Waals surface area (Å²) in [6.07, 6.45) is 12.6. The Balaban J connectivity index is 1.28. The van der Waals surface area contributed by atoms with Gasteiger partial charge < -0.3 is 15.4 Å². The van der Waals surface area contributed by atoms with Crippen LogP contribution in [-0.2, 0) is 4.74 Å². The number of nitrogens with one attached hydrogen (secondary N) is 2. The standard InChI is InChI=1S/C25H26N8O/c26-11-18-9-17-2-6-32(24(17)10-23(18)31-21-1-5-27-15-21)25-28-12-19(13-29-25)20-14-30-33(16-20)22-3-7-34-8-4-22/h2,6,9-10,12-14,16,21-22,27,31H,1,3-5,7-8,15H2/t21-/m1/s1. The van der Waals surface area contributed by atoms with Crippen molar-refractivity contribution in [2.24, 2.45) is 0 Å². The van der Waals surface area contributed by atoms with E-state index in [1.165, 1.54) is 0 Å². The Bertz CT molecular complexity index is 1340. The highest BCUT2D eigenvalue weighted by atomic mass is 16.5. The summed E-state index contributed by atoms with van der Waals surface area (Å²) in [5.74, 6) is 0.591. The summed E-state index contributed by atoms with van der Waals surface area (Å²) in [6, 6.07) is 8.98. The molecule has 6 rings (SSSR count). The Morgan fingerprint density at radius 2 is 1.94 bits per heavy atom. The van der Waals surface area contributed by atoms with Gasteiger partial charge in [0.05, 0.1) is 29.0 Å². The van der Waals surface area contributed by atoms with Gasteiger partial charge in [-0.2, -0.15) is 10.4 Å². The zero-order valence-electron chi connectivity index (χ0n) is 18.8. The van der Waals surface area contributed by atoms with Crippen molar-refractivity contribution in [2.75, 3.05) is 31.6 Å². The second-order valence-electron chi connectivity index (χ2n) is 8.91. The topological polar surface area (TPSA) is 106 Å². The van der Waals surface area contributed by atoms with Crippen LogP contribution in [0.25, 0.3) is 28.0 Å². The van der Waals surface area contributed by atoms with Crippen LogP contribution in [0.15, 0.2) is 49.2 Å². The Kier molecular flexibility index (Phi) is 5.45. The van der Waals surface area contributed by atoms with Gasteiger partial charge in [-0.25, -0.2) is 9.97 Å². The van der Waals surface area contributed by atoms with E-state index >= 15 is 0 Å². The van der Waals surface area contributed by atoms with Crippen LogP contribution in [0.5, 0.6) is 0 Å². The molecule has 0 saturated carbocycles. The lowest BCUT2D eigenvalue weighted by Gasteiger charge is -2.22. The number of ether oxygens (including phenoxy) is 1. The van der Waals surface area contributed by atoms with E-state index in [2.05, 4.69) is 38.0 Å². The van der Waals surface area contributed by atoms with Crippen LogP contribution in [0.3, 0.4) is 0 Å². The molecule has 2 aliphatic heterocycles. The third-order valence-electron chi connectivity index (χ3n) is 6.72. The molecule has 5 heterocycles. The van der Waals surface area contributed by atoms with Crippen molar-refractivity contribution in [3.8, 4) is 23.1 Å². The fourth-order valence-corrected chi connectivity index (χ4v) is 4.80. The predicted molar refractivity (Wildman–Crippen MR) is 129 cm³/mol. The minimum absolute atomic E-state index is 0.325. The fourth-order valence-electron chi connectivity index (χ4n) is 4.80. The monoisotopic (exact) mass is 454 g/mol. The largest absolute Gasteiger partial charge is 0.381 e. The first-order chi connectivity index (χ1) is 16.8. The maximum Gasteiger partial charge on any atom is 0.234 e. The summed E-state index contributed by atoms with van der Waals surface area (Å²) >= 11 is 0. The van der Waals surface area contributed by atoms with Crippen molar-refractivity contribution >= 4 is 16.6 Å². The van der Waals surface area contributed by atoms with Crippen LogP contribution in [0.2, 0.25) is 0 Å². The van der Waals surface area contributed by atoms with E-state index in [1.807, 2.05) is 52.2 Å². The molecule has 9 heteroatoms. The normalized spacial score (nSPS) is 18.9. The minimum atomic E-state index is 0.325. The molecule has 172 valence electrons. The third-order valence-corrected chi connectivity index (χ3v) is 6.72. The predicted octanol–water partition coefficient (Wildman–Crippen LogP) is 3.28. The number of nitriles is 1. The van der Waals surface area contributed by atoms with Gasteiger partial charge in [0.2, 0.25) is 5.95 Å². The highest BCUT2D eigenvalue weighted by molar-refractivity contribution is 5.87. The Hall–Kier alpha value is -3.74. The molecule has 2 N–H and O–H groups in total. The molecule has 0 aliphatic carbocycles. The second-order valence-corrected chi connectivity index (χ2v) is 8.91. The molecular weight excluding hydrogens is 428 g/mol. The molecule has 34 heavy (non-hydrogen) atoms. The van der Waals surface area contributed by atoms with Crippen LogP contribution < -0.4 is 10.6 Å². The summed E-state index contributed by atoms with van der Waals surface area (Å²) in [6.45, 7) is 3.46. The van der Waals surface area contributed by atoms with Crippen LogP contribution in [0.1, 0.15) is 30.9 Å². The molecule has 1 aromatic carbocycles. The molecule has 0 radical (unpaired) electrons. The summed E-state index contributed by atoms with van der Waals surface area (Å²) in [7, 11) is 0. The molecule has 0 bridgehead atoms. The number of hydrogen-bond donors (Lipinski definition) is 2. The molecule has 1 atom stereocenters.